The zero-order valence-corrected chi connectivity index (χ0v) is 17.9. The summed E-state index contributed by atoms with van der Waals surface area (Å²) in [6.07, 6.45) is 4.40. The van der Waals surface area contributed by atoms with E-state index in [1.807, 2.05) is 26.1 Å². The lowest BCUT2D eigenvalue weighted by molar-refractivity contribution is 0.115. The molecule has 0 bridgehead atoms. The highest BCUT2D eigenvalue weighted by molar-refractivity contribution is 14.0. The quantitative estimate of drug-likeness (QED) is 0.251. The number of nitrogens with one attached hydrogen (secondary N) is 1. The highest BCUT2D eigenvalue weighted by Crippen LogP contribution is 2.28. The van der Waals surface area contributed by atoms with Crippen molar-refractivity contribution in [2.75, 3.05) is 40.0 Å². The Labute approximate surface area is 168 Å². The van der Waals surface area contributed by atoms with Gasteiger partial charge in [-0.3, -0.25) is 0 Å². The third-order valence-electron chi connectivity index (χ3n) is 3.85. The minimum atomic E-state index is 0. The first-order valence-corrected chi connectivity index (χ1v) is 8.88. The van der Waals surface area contributed by atoms with Crippen LogP contribution in [0.5, 0.6) is 5.88 Å². The molecule has 6 nitrogen and oxygen atoms in total. The molecular formula is C18H31IN4O2. The fourth-order valence-corrected chi connectivity index (χ4v) is 2.28. The summed E-state index contributed by atoms with van der Waals surface area (Å²) in [5.74, 6) is 2.34. The van der Waals surface area contributed by atoms with Crippen molar-refractivity contribution < 1.29 is 9.47 Å². The molecule has 0 aliphatic heterocycles. The molecule has 1 aromatic rings. The number of hydrogen-bond acceptors (Lipinski definition) is 4. The van der Waals surface area contributed by atoms with Crippen LogP contribution in [0.25, 0.3) is 0 Å². The van der Waals surface area contributed by atoms with Gasteiger partial charge in [-0.2, -0.15) is 0 Å². The van der Waals surface area contributed by atoms with Gasteiger partial charge in [0, 0.05) is 38.5 Å². The summed E-state index contributed by atoms with van der Waals surface area (Å²) in [7, 11) is 2.04. The van der Waals surface area contributed by atoms with Crippen molar-refractivity contribution in [1.29, 1.82) is 0 Å². The lowest BCUT2D eigenvalue weighted by Gasteiger charge is -2.22. The molecule has 25 heavy (non-hydrogen) atoms. The summed E-state index contributed by atoms with van der Waals surface area (Å²) < 4.78 is 11.3. The van der Waals surface area contributed by atoms with E-state index in [-0.39, 0.29) is 24.0 Å². The molecule has 0 aromatic carbocycles. The largest absolute Gasteiger partial charge is 0.478 e. The first kappa shape index (κ1) is 22.0. The minimum absolute atomic E-state index is 0. The Hall–Kier alpha value is -1.09. The monoisotopic (exact) mass is 462 g/mol. The number of hydrogen-bond donors (Lipinski definition) is 1. The first-order valence-electron chi connectivity index (χ1n) is 8.88. The first-order chi connectivity index (χ1) is 11.7. The molecule has 1 N–H and O–H groups in total. The molecule has 1 aliphatic rings. The van der Waals surface area contributed by atoms with E-state index >= 15 is 0 Å². The van der Waals surface area contributed by atoms with E-state index in [2.05, 4.69) is 22.1 Å². The van der Waals surface area contributed by atoms with Crippen molar-refractivity contribution in [2.24, 2.45) is 10.9 Å². The van der Waals surface area contributed by atoms with E-state index in [4.69, 9.17) is 14.5 Å². The molecule has 0 saturated heterocycles. The highest BCUT2D eigenvalue weighted by atomic mass is 127. The van der Waals surface area contributed by atoms with Crippen LogP contribution in [0, 0.1) is 5.92 Å². The van der Waals surface area contributed by atoms with Crippen molar-refractivity contribution in [1.82, 2.24) is 15.2 Å². The van der Waals surface area contributed by atoms with Crippen LogP contribution in [-0.4, -0.2) is 55.8 Å². The molecule has 7 heteroatoms. The second-order valence-corrected chi connectivity index (χ2v) is 6.01. The Bertz CT molecular complexity index is 524. The van der Waals surface area contributed by atoms with E-state index in [9.17, 15) is 0 Å². The van der Waals surface area contributed by atoms with Gasteiger partial charge in [-0.25, -0.2) is 9.98 Å². The van der Waals surface area contributed by atoms with Gasteiger partial charge in [0.05, 0.1) is 19.8 Å². The van der Waals surface area contributed by atoms with E-state index < -0.39 is 0 Å². The van der Waals surface area contributed by atoms with Crippen LogP contribution in [0.1, 0.15) is 32.3 Å². The molecule has 0 radical (unpaired) electrons. The number of halogens is 1. The van der Waals surface area contributed by atoms with Gasteiger partial charge in [-0.05, 0) is 38.7 Å². The summed E-state index contributed by atoms with van der Waals surface area (Å²) in [4.78, 5) is 11.1. The smallest absolute Gasteiger partial charge is 0.218 e. The topological polar surface area (TPSA) is 59.0 Å². The molecule has 0 atom stereocenters. The predicted molar refractivity (Wildman–Crippen MR) is 112 cm³/mol. The third kappa shape index (κ3) is 8.22. The van der Waals surface area contributed by atoms with Crippen molar-refractivity contribution in [2.45, 2.75) is 33.2 Å². The molecule has 1 heterocycles. The average Bonchev–Trinajstić information content (AvgIpc) is 3.41. The van der Waals surface area contributed by atoms with Crippen LogP contribution in [0.15, 0.2) is 23.3 Å². The summed E-state index contributed by atoms with van der Waals surface area (Å²) in [6.45, 7) is 8.46. The fourth-order valence-electron chi connectivity index (χ4n) is 2.28. The van der Waals surface area contributed by atoms with Crippen molar-refractivity contribution in [3.63, 3.8) is 0 Å². The maximum Gasteiger partial charge on any atom is 0.218 e. The Morgan fingerprint density at radius 2 is 2.20 bits per heavy atom. The van der Waals surface area contributed by atoms with Gasteiger partial charge in [-0.15, -0.1) is 24.0 Å². The van der Waals surface area contributed by atoms with Crippen molar-refractivity contribution in [3.05, 3.63) is 23.9 Å². The normalized spacial score (nSPS) is 14.0. The van der Waals surface area contributed by atoms with Gasteiger partial charge in [0.25, 0.3) is 0 Å². The number of guanidine groups is 1. The molecule has 0 amide bonds. The number of pyridine rings is 1. The number of nitrogens with zero attached hydrogens (tertiary/aromatic N) is 3. The van der Waals surface area contributed by atoms with Gasteiger partial charge in [0.1, 0.15) is 0 Å². The standard InChI is InChI=1S/C18H30N4O2.HI/c1-4-19-18(22(3)11-12-23-14-15-8-9-15)21-13-16-7-6-10-20-17(16)24-5-2;/h6-7,10,15H,4-5,8-9,11-14H2,1-3H3,(H,19,21);1H. The zero-order valence-electron chi connectivity index (χ0n) is 15.5. The molecule has 1 saturated carbocycles. The third-order valence-corrected chi connectivity index (χ3v) is 3.85. The average molecular weight is 462 g/mol. The Balaban J connectivity index is 0.00000312. The lowest BCUT2D eigenvalue weighted by Crippen LogP contribution is -2.40. The second kappa shape index (κ2) is 12.3. The van der Waals surface area contributed by atoms with E-state index in [1.165, 1.54) is 12.8 Å². The highest BCUT2D eigenvalue weighted by Gasteiger charge is 2.21. The lowest BCUT2D eigenvalue weighted by atomic mass is 10.3. The van der Waals surface area contributed by atoms with Crippen LogP contribution in [-0.2, 0) is 11.3 Å². The fraction of sp³-hybridized carbons (Fsp3) is 0.667. The van der Waals surface area contributed by atoms with E-state index in [1.54, 1.807) is 6.20 Å². The summed E-state index contributed by atoms with van der Waals surface area (Å²) in [5, 5.41) is 3.33. The summed E-state index contributed by atoms with van der Waals surface area (Å²) in [5.41, 5.74) is 0.994. The van der Waals surface area contributed by atoms with E-state index in [0.29, 0.717) is 19.0 Å². The summed E-state index contributed by atoms with van der Waals surface area (Å²) >= 11 is 0. The molecule has 1 fully saturated rings. The Kier molecular flexibility index (Phi) is 10.8. The number of rotatable bonds is 10. The molecule has 0 spiro atoms. The van der Waals surface area contributed by atoms with Crippen molar-refractivity contribution in [3.8, 4) is 5.88 Å². The molecule has 2 rings (SSSR count). The zero-order chi connectivity index (χ0) is 17.2. The SMILES string of the molecule is CCNC(=NCc1cccnc1OCC)N(C)CCOCC1CC1.I. The Morgan fingerprint density at radius 3 is 2.88 bits per heavy atom. The van der Waals surface area contributed by atoms with Crippen molar-refractivity contribution >= 4 is 29.9 Å². The van der Waals surface area contributed by atoms with Crippen LogP contribution in [0.2, 0.25) is 0 Å². The Morgan fingerprint density at radius 1 is 1.40 bits per heavy atom. The predicted octanol–water partition coefficient (Wildman–Crippen LogP) is 2.92. The number of ether oxygens (including phenoxy) is 2. The van der Waals surface area contributed by atoms with Crippen LogP contribution in [0.4, 0.5) is 0 Å². The van der Waals surface area contributed by atoms with Gasteiger partial charge in [-0.1, -0.05) is 6.07 Å². The van der Waals surface area contributed by atoms with Gasteiger partial charge in [0.15, 0.2) is 5.96 Å². The van der Waals surface area contributed by atoms with E-state index in [0.717, 1.165) is 43.7 Å². The van der Waals surface area contributed by atoms with Gasteiger partial charge >= 0.3 is 0 Å². The van der Waals surface area contributed by atoms with Gasteiger partial charge in [0.2, 0.25) is 5.88 Å². The maximum absolute atomic E-state index is 5.72. The minimum Gasteiger partial charge on any atom is -0.478 e. The molecular weight excluding hydrogens is 431 g/mol. The van der Waals surface area contributed by atoms with Crippen LogP contribution >= 0.6 is 24.0 Å². The van der Waals surface area contributed by atoms with Crippen LogP contribution in [0.3, 0.4) is 0 Å². The summed E-state index contributed by atoms with van der Waals surface area (Å²) in [6, 6.07) is 3.92. The molecule has 1 aliphatic carbocycles. The molecule has 1 aromatic heterocycles. The second-order valence-electron chi connectivity index (χ2n) is 6.01. The van der Waals surface area contributed by atoms with Crippen LogP contribution < -0.4 is 10.1 Å². The number of likely N-dealkylation sites (N-methyl/N-ethyl adjacent to an activating group) is 1. The molecule has 0 unspecified atom stereocenters. The number of aliphatic imine (C=N–C) groups is 1. The molecule has 142 valence electrons. The maximum atomic E-state index is 5.72. The number of aromatic nitrogens is 1. The van der Waals surface area contributed by atoms with Gasteiger partial charge < -0.3 is 19.7 Å².